The van der Waals surface area contributed by atoms with Crippen LogP contribution in [0, 0.1) is 24.2 Å². The molecule has 0 bridgehead atoms. The van der Waals surface area contributed by atoms with E-state index >= 15 is 0 Å². The number of aromatic nitrogens is 1. The van der Waals surface area contributed by atoms with Crippen molar-refractivity contribution >= 4 is 29.1 Å². The Hall–Kier alpha value is -1.61. The summed E-state index contributed by atoms with van der Waals surface area (Å²) in [5, 5.41) is 28.3. The normalized spacial score (nSPS) is 37.5. The lowest BCUT2D eigenvalue weighted by Gasteiger charge is -2.31. The van der Waals surface area contributed by atoms with Crippen LogP contribution in [0.1, 0.15) is 90.8 Å². The second-order valence-electron chi connectivity index (χ2n) is 11.6. The Kier molecular flexibility index (Phi) is 8.31. The second-order valence-corrected chi connectivity index (χ2v) is 12.6. The molecule has 1 aromatic rings. The first-order valence-electron chi connectivity index (χ1n) is 12.7. The number of carbonyl (C=O) groups excluding carboxylic acids is 2. The Bertz CT molecular complexity index is 973. The van der Waals surface area contributed by atoms with Crippen molar-refractivity contribution in [3.63, 3.8) is 0 Å². The third-order valence-corrected chi connectivity index (χ3v) is 8.62. The minimum atomic E-state index is -1.75. The van der Waals surface area contributed by atoms with Gasteiger partial charge in [0, 0.05) is 23.1 Å². The lowest BCUT2D eigenvalue weighted by Crippen LogP contribution is -2.53. The fourth-order valence-corrected chi connectivity index (χ4v) is 6.01. The van der Waals surface area contributed by atoms with E-state index in [0.717, 1.165) is 30.0 Å². The summed E-state index contributed by atoms with van der Waals surface area (Å²) >= 11 is 1.52. The first-order chi connectivity index (χ1) is 16.2. The number of epoxide rings is 1. The van der Waals surface area contributed by atoms with Gasteiger partial charge in [-0.2, -0.15) is 0 Å². The monoisotopic (exact) mass is 506 g/mol. The zero-order valence-corrected chi connectivity index (χ0v) is 23.0. The van der Waals surface area contributed by atoms with Crippen LogP contribution in [0.4, 0.5) is 0 Å². The number of hydrogen-bond acceptors (Lipinski definition) is 7. The van der Waals surface area contributed by atoms with Crippen LogP contribution in [0.3, 0.4) is 0 Å². The van der Waals surface area contributed by atoms with Gasteiger partial charge < -0.3 is 20.3 Å². The summed E-state index contributed by atoms with van der Waals surface area (Å²) in [7, 11) is 0. The van der Waals surface area contributed by atoms with Crippen molar-refractivity contribution in [1.29, 1.82) is 0 Å². The summed E-state index contributed by atoms with van der Waals surface area (Å²) in [6.07, 6.45) is 4.10. The summed E-state index contributed by atoms with van der Waals surface area (Å²) in [5.74, 6) is -1.58. The summed E-state index contributed by atoms with van der Waals surface area (Å²) in [6, 6.07) is -0.860. The zero-order chi connectivity index (χ0) is 26.2. The maximum absolute atomic E-state index is 13.2. The highest BCUT2D eigenvalue weighted by Crippen LogP contribution is 2.52. The highest BCUT2D eigenvalue weighted by Gasteiger charge is 2.71. The molecule has 0 radical (unpaired) electrons. The van der Waals surface area contributed by atoms with E-state index in [9.17, 15) is 19.8 Å². The lowest BCUT2D eigenvalue weighted by molar-refractivity contribution is -0.132. The fourth-order valence-electron chi connectivity index (χ4n) is 5.44. The Balaban J connectivity index is 1.90. The Morgan fingerprint density at radius 2 is 1.94 bits per heavy atom. The number of aliphatic hydroxyl groups excluding tert-OH is 1. The van der Waals surface area contributed by atoms with Gasteiger partial charge in [0.05, 0.1) is 16.7 Å². The predicted molar refractivity (Wildman–Crippen MR) is 138 cm³/mol. The van der Waals surface area contributed by atoms with E-state index in [-0.39, 0.29) is 24.0 Å². The maximum atomic E-state index is 13.2. The quantitative estimate of drug-likeness (QED) is 0.513. The van der Waals surface area contributed by atoms with Gasteiger partial charge in [-0.05, 0) is 57.6 Å². The summed E-state index contributed by atoms with van der Waals surface area (Å²) in [6.45, 7) is 13.5. The van der Waals surface area contributed by atoms with E-state index in [1.54, 1.807) is 13.8 Å². The van der Waals surface area contributed by atoms with Gasteiger partial charge in [0.1, 0.15) is 17.5 Å². The number of amides is 1. The summed E-state index contributed by atoms with van der Waals surface area (Å²) in [5.41, 5.74) is -0.116. The zero-order valence-electron chi connectivity index (χ0n) is 22.2. The molecule has 6 atom stereocenters. The third-order valence-electron chi connectivity index (χ3n) is 7.83. The molecule has 8 heteroatoms. The van der Waals surface area contributed by atoms with E-state index in [1.807, 2.05) is 39.2 Å². The van der Waals surface area contributed by atoms with Crippen LogP contribution in [0.15, 0.2) is 11.0 Å². The fraction of sp³-hybridized carbons (Fsp3) is 0.741. The molecule has 3 heterocycles. The van der Waals surface area contributed by atoms with Gasteiger partial charge in [0.2, 0.25) is 11.7 Å². The number of hydrogen-bond donors (Lipinski definition) is 3. The minimum Gasteiger partial charge on any atom is -0.385 e. The number of thiazole rings is 1. The highest BCUT2D eigenvalue weighted by atomic mass is 32.1. The first kappa shape index (κ1) is 28.0. The molecule has 1 amide bonds. The lowest BCUT2D eigenvalue weighted by atomic mass is 9.75. The summed E-state index contributed by atoms with van der Waals surface area (Å²) in [4.78, 5) is 30.6. The molecule has 35 heavy (non-hydrogen) atoms. The molecule has 6 unspecified atom stereocenters. The van der Waals surface area contributed by atoms with Gasteiger partial charge in [-0.3, -0.25) is 9.59 Å². The number of ketones is 1. The number of rotatable bonds is 2. The van der Waals surface area contributed by atoms with Crippen molar-refractivity contribution in [3.05, 3.63) is 21.7 Å². The number of nitrogens with zero attached hydrogens (tertiary/aromatic N) is 1. The number of nitrogens with one attached hydrogen (secondary N) is 1. The van der Waals surface area contributed by atoms with E-state index < -0.39 is 28.9 Å². The molecule has 2 fully saturated rings. The highest BCUT2D eigenvalue weighted by molar-refractivity contribution is 7.09. The largest absolute Gasteiger partial charge is 0.385 e. The molecule has 0 aliphatic carbocycles. The third kappa shape index (κ3) is 6.21. The van der Waals surface area contributed by atoms with Gasteiger partial charge in [-0.25, -0.2) is 4.98 Å². The standard InChI is InChI=1S/C27H42N2O5S/c1-16-9-8-11-26(7)27(33,34-26)24(32)22(17(2)14-20-15-35-19(4)28-20)29-21(30)10-12-25(5,6)23(31)18(3)13-16/h14-16,18,22,24,32-33H,8-13H2,1-7H3,(H,29,30)/b17-14+. The summed E-state index contributed by atoms with van der Waals surface area (Å²) < 4.78 is 5.77. The minimum absolute atomic E-state index is 0.0815. The van der Waals surface area contributed by atoms with Crippen LogP contribution >= 0.6 is 11.3 Å². The van der Waals surface area contributed by atoms with Gasteiger partial charge in [-0.15, -0.1) is 11.3 Å². The molecule has 0 spiro atoms. The number of fused-ring (bicyclic) bond motifs is 1. The van der Waals surface area contributed by atoms with Crippen LogP contribution in [-0.2, 0) is 14.3 Å². The topological polar surface area (TPSA) is 112 Å². The molecule has 7 nitrogen and oxygen atoms in total. The molecule has 3 rings (SSSR count). The molecule has 0 aromatic carbocycles. The molecule has 196 valence electrons. The number of ether oxygens (including phenoxy) is 1. The number of aryl methyl sites for hydroxylation is 1. The van der Waals surface area contributed by atoms with E-state index in [0.29, 0.717) is 24.3 Å². The van der Waals surface area contributed by atoms with Crippen molar-refractivity contribution in [2.24, 2.45) is 17.3 Å². The molecule has 2 saturated heterocycles. The van der Waals surface area contributed by atoms with Crippen molar-refractivity contribution in [2.75, 3.05) is 0 Å². The molecule has 1 aromatic heterocycles. The van der Waals surface area contributed by atoms with Gasteiger partial charge in [-0.1, -0.05) is 40.5 Å². The Labute approximate surface area is 213 Å². The average molecular weight is 507 g/mol. The Morgan fingerprint density at radius 3 is 2.57 bits per heavy atom. The van der Waals surface area contributed by atoms with Crippen LogP contribution < -0.4 is 5.32 Å². The molecule has 0 saturated carbocycles. The first-order valence-corrected chi connectivity index (χ1v) is 13.6. The van der Waals surface area contributed by atoms with Gasteiger partial charge in [0.15, 0.2) is 0 Å². The van der Waals surface area contributed by atoms with Crippen molar-refractivity contribution in [2.45, 2.75) is 111 Å². The van der Waals surface area contributed by atoms with Crippen LogP contribution in [0.5, 0.6) is 0 Å². The van der Waals surface area contributed by atoms with E-state index in [1.165, 1.54) is 11.3 Å². The molecular formula is C27H42N2O5S. The van der Waals surface area contributed by atoms with Crippen LogP contribution in [0.2, 0.25) is 0 Å². The van der Waals surface area contributed by atoms with E-state index in [4.69, 9.17) is 4.74 Å². The smallest absolute Gasteiger partial charge is 0.225 e. The molecular weight excluding hydrogens is 464 g/mol. The number of Topliss-reactive ketones (excluding diaryl/α,β-unsaturated/α-hetero) is 1. The molecule has 2 aliphatic rings. The molecule has 2 aliphatic heterocycles. The van der Waals surface area contributed by atoms with Crippen molar-refractivity contribution in [1.82, 2.24) is 10.3 Å². The average Bonchev–Trinajstić information content (AvgIpc) is 3.09. The van der Waals surface area contributed by atoms with Crippen molar-refractivity contribution in [3.8, 4) is 0 Å². The Morgan fingerprint density at radius 1 is 1.26 bits per heavy atom. The van der Waals surface area contributed by atoms with Gasteiger partial charge >= 0.3 is 0 Å². The van der Waals surface area contributed by atoms with Gasteiger partial charge in [0.25, 0.3) is 0 Å². The van der Waals surface area contributed by atoms with Crippen LogP contribution in [0.25, 0.3) is 6.08 Å². The maximum Gasteiger partial charge on any atom is 0.225 e. The SMILES string of the molecule is C/C(=C\c1csc(C)n1)C1NC(=O)CCC(C)(C)C(=O)C(C)CC(C)CCCC2(C)OC2(O)C1O. The number of carbonyl (C=O) groups is 2. The predicted octanol–water partition coefficient (Wildman–Crippen LogP) is 4.40. The van der Waals surface area contributed by atoms with Crippen LogP contribution in [-0.4, -0.2) is 50.4 Å². The van der Waals surface area contributed by atoms with E-state index in [2.05, 4.69) is 17.2 Å². The molecule has 3 N–H and O–H groups in total. The van der Waals surface area contributed by atoms with Crippen molar-refractivity contribution < 1.29 is 24.5 Å². The number of aliphatic hydroxyl groups is 2. The second kappa shape index (κ2) is 10.4.